The first-order chi connectivity index (χ1) is 14.5. The molecule has 30 heavy (non-hydrogen) atoms. The highest BCUT2D eigenvalue weighted by Crippen LogP contribution is 2.31. The molecule has 0 unspecified atom stereocenters. The smallest absolute Gasteiger partial charge is 0.234 e. The third kappa shape index (κ3) is 5.30. The summed E-state index contributed by atoms with van der Waals surface area (Å²) < 4.78 is 7.68. The Hall–Kier alpha value is -3.06. The Morgan fingerprint density at radius 2 is 1.93 bits per heavy atom. The van der Waals surface area contributed by atoms with Crippen molar-refractivity contribution in [3.05, 3.63) is 66.2 Å². The Balaban J connectivity index is 1.77. The summed E-state index contributed by atoms with van der Waals surface area (Å²) in [4.78, 5) is 12.5. The van der Waals surface area contributed by atoms with Gasteiger partial charge in [-0.05, 0) is 56.2 Å². The quantitative estimate of drug-likeness (QED) is 0.393. The number of allylic oxidation sites excluding steroid dienone is 1. The van der Waals surface area contributed by atoms with Gasteiger partial charge in [0.15, 0.2) is 11.0 Å². The van der Waals surface area contributed by atoms with E-state index in [9.17, 15) is 4.79 Å². The first-order valence-corrected chi connectivity index (χ1v) is 10.8. The van der Waals surface area contributed by atoms with E-state index in [1.54, 1.807) is 6.08 Å². The maximum atomic E-state index is 12.5. The zero-order chi connectivity index (χ0) is 21.5. The average Bonchev–Trinajstić information content (AvgIpc) is 3.09. The second kappa shape index (κ2) is 10.1. The number of hydrogen-bond acceptors (Lipinski definition) is 5. The summed E-state index contributed by atoms with van der Waals surface area (Å²) in [6.07, 6.45) is 1.79. The Morgan fingerprint density at radius 1 is 1.20 bits per heavy atom. The minimum Gasteiger partial charge on any atom is -0.493 e. The Morgan fingerprint density at radius 3 is 2.63 bits per heavy atom. The minimum atomic E-state index is -0.0885. The molecule has 0 aliphatic rings. The van der Waals surface area contributed by atoms with Gasteiger partial charge in [0.2, 0.25) is 5.91 Å². The fraction of sp³-hybridized carbons (Fsp3) is 0.261. The monoisotopic (exact) mass is 422 g/mol. The van der Waals surface area contributed by atoms with Crippen LogP contribution in [-0.2, 0) is 11.3 Å². The number of ether oxygens (including phenoxy) is 1. The normalized spacial score (nSPS) is 10.6. The molecule has 0 radical (unpaired) electrons. The number of rotatable bonds is 9. The molecule has 156 valence electrons. The Kier molecular flexibility index (Phi) is 7.30. The van der Waals surface area contributed by atoms with E-state index >= 15 is 0 Å². The van der Waals surface area contributed by atoms with Gasteiger partial charge in [0.25, 0.3) is 0 Å². The fourth-order valence-corrected chi connectivity index (χ4v) is 3.94. The van der Waals surface area contributed by atoms with Crippen molar-refractivity contribution in [1.29, 1.82) is 0 Å². The number of aryl methyl sites for hydroxylation is 2. The molecular weight excluding hydrogens is 396 g/mol. The molecule has 0 aliphatic heterocycles. The van der Waals surface area contributed by atoms with Gasteiger partial charge < -0.3 is 10.1 Å². The van der Waals surface area contributed by atoms with Crippen LogP contribution >= 0.6 is 11.8 Å². The van der Waals surface area contributed by atoms with Crippen LogP contribution in [0.4, 0.5) is 5.69 Å². The number of thioether (sulfide) groups is 1. The lowest BCUT2D eigenvalue weighted by atomic mass is 10.1. The SMILES string of the molecule is C=CCn1c(SCC(=O)Nc2cc(C)cc(C)c2)nnc1-c1ccccc1OCC. The molecule has 1 amide bonds. The van der Waals surface area contributed by atoms with E-state index in [4.69, 9.17) is 4.74 Å². The third-order valence-corrected chi connectivity index (χ3v) is 5.26. The summed E-state index contributed by atoms with van der Waals surface area (Å²) in [5, 5.41) is 12.3. The molecule has 1 N–H and O–H groups in total. The van der Waals surface area contributed by atoms with Gasteiger partial charge in [-0.2, -0.15) is 0 Å². The van der Waals surface area contributed by atoms with Gasteiger partial charge in [-0.25, -0.2) is 0 Å². The first kappa shape index (κ1) is 21.6. The Bertz CT molecular complexity index is 1030. The minimum absolute atomic E-state index is 0.0885. The lowest BCUT2D eigenvalue weighted by molar-refractivity contribution is -0.113. The van der Waals surface area contributed by atoms with Crippen LogP contribution in [0.15, 0.2) is 60.3 Å². The highest BCUT2D eigenvalue weighted by Gasteiger charge is 2.18. The number of nitrogens with zero attached hydrogens (tertiary/aromatic N) is 3. The molecule has 0 saturated heterocycles. The molecule has 3 rings (SSSR count). The van der Waals surface area contributed by atoms with Crippen LogP contribution in [0.3, 0.4) is 0 Å². The molecule has 1 heterocycles. The summed E-state index contributed by atoms with van der Waals surface area (Å²) >= 11 is 1.35. The highest BCUT2D eigenvalue weighted by molar-refractivity contribution is 7.99. The van der Waals surface area contributed by atoms with Crippen LogP contribution in [0.1, 0.15) is 18.1 Å². The predicted molar refractivity (Wildman–Crippen MR) is 122 cm³/mol. The molecule has 7 heteroatoms. The van der Waals surface area contributed by atoms with Gasteiger partial charge >= 0.3 is 0 Å². The molecule has 2 aromatic carbocycles. The number of hydrogen-bond donors (Lipinski definition) is 1. The van der Waals surface area contributed by atoms with Gasteiger partial charge in [-0.1, -0.05) is 36.0 Å². The largest absolute Gasteiger partial charge is 0.493 e. The van der Waals surface area contributed by atoms with Gasteiger partial charge in [0, 0.05) is 12.2 Å². The lowest BCUT2D eigenvalue weighted by Crippen LogP contribution is -2.15. The van der Waals surface area contributed by atoms with E-state index in [-0.39, 0.29) is 11.7 Å². The van der Waals surface area contributed by atoms with Crippen molar-refractivity contribution in [3.63, 3.8) is 0 Å². The van der Waals surface area contributed by atoms with Crippen LogP contribution in [-0.4, -0.2) is 33.0 Å². The van der Waals surface area contributed by atoms with Crippen molar-refractivity contribution in [2.24, 2.45) is 0 Å². The molecule has 0 aliphatic carbocycles. The average molecular weight is 423 g/mol. The summed E-state index contributed by atoms with van der Waals surface area (Å²) in [5.41, 5.74) is 3.89. The van der Waals surface area contributed by atoms with E-state index in [0.717, 1.165) is 28.1 Å². The van der Waals surface area contributed by atoms with E-state index in [1.165, 1.54) is 11.8 Å². The number of carbonyl (C=O) groups excluding carboxylic acids is 1. The third-order valence-electron chi connectivity index (χ3n) is 4.29. The van der Waals surface area contributed by atoms with Gasteiger partial charge in [0.1, 0.15) is 5.75 Å². The molecule has 0 atom stereocenters. The van der Waals surface area contributed by atoms with Crippen molar-refractivity contribution in [1.82, 2.24) is 14.8 Å². The topological polar surface area (TPSA) is 69.0 Å². The summed E-state index contributed by atoms with van der Waals surface area (Å²) in [5.74, 6) is 1.59. The molecule has 6 nitrogen and oxygen atoms in total. The van der Waals surface area contributed by atoms with E-state index < -0.39 is 0 Å². The van der Waals surface area contributed by atoms with E-state index in [0.29, 0.717) is 24.1 Å². The fourth-order valence-electron chi connectivity index (χ4n) is 3.20. The number of amides is 1. The van der Waals surface area contributed by atoms with Crippen molar-refractivity contribution >= 4 is 23.4 Å². The van der Waals surface area contributed by atoms with Gasteiger partial charge in [-0.3, -0.25) is 9.36 Å². The zero-order valence-electron chi connectivity index (χ0n) is 17.5. The van der Waals surface area contributed by atoms with Crippen molar-refractivity contribution in [2.45, 2.75) is 32.5 Å². The summed E-state index contributed by atoms with van der Waals surface area (Å²) in [6.45, 7) is 10.9. The number of anilines is 1. The lowest BCUT2D eigenvalue weighted by Gasteiger charge is -2.12. The van der Waals surface area contributed by atoms with E-state index in [1.807, 2.05) is 61.7 Å². The van der Waals surface area contributed by atoms with Crippen molar-refractivity contribution in [2.75, 3.05) is 17.7 Å². The van der Waals surface area contributed by atoms with Crippen LogP contribution in [0, 0.1) is 13.8 Å². The molecular formula is C23H26N4O2S. The molecule has 0 saturated carbocycles. The van der Waals surface area contributed by atoms with Crippen molar-refractivity contribution < 1.29 is 9.53 Å². The molecule has 0 bridgehead atoms. The van der Waals surface area contributed by atoms with Crippen molar-refractivity contribution in [3.8, 4) is 17.1 Å². The summed E-state index contributed by atoms with van der Waals surface area (Å²) in [7, 11) is 0. The van der Waals surface area contributed by atoms with Crippen LogP contribution < -0.4 is 10.1 Å². The second-order valence-electron chi connectivity index (χ2n) is 6.85. The van der Waals surface area contributed by atoms with Gasteiger partial charge in [0.05, 0.1) is 17.9 Å². The maximum Gasteiger partial charge on any atom is 0.234 e. The zero-order valence-corrected chi connectivity index (χ0v) is 18.3. The number of carbonyl (C=O) groups is 1. The highest BCUT2D eigenvalue weighted by atomic mass is 32.2. The molecule has 1 aromatic heterocycles. The number of nitrogens with one attached hydrogen (secondary N) is 1. The van der Waals surface area contributed by atoms with Gasteiger partial charge in [-0.15, -0.1) is 16.8 Å². The molecule has 3 aromatic rings. The number of aromatic nitrogens is 3. The van der Waals surface area contributed by atoms with Crippen LogP contribution in [0.5, 0.6) is 5.75 Å². The standard InChI is InChI=1S/C23H26N4O2S/c1-5-11-27-22(19-9-7-8-10-20(19)29-6-2)25-26-23(27)30-15-21(28)24-18-13-16(3)12-17(4)14-18/h5,7-10,12-14H,1,6,11,15H2,2-4H3,(H,24,28). The Labute approximate surface area is 181 Å². The first-order valence-electron chi connectivity index (χ1n) is 9.79. The van der Waals surface area contributed by atoms with E-state index in [2.05, 4.69) is 28.2 Å². The van der Waals surface area contributed by atoms with Crippen LogP contribution in [0.2, 0.25) is 0 Å². The number of benzene rings is 2. The molecule has 0 spiro atoms. The predicted octanol–water partition coefficient (Wildman–Crippen LogP) is 4.88. The molecule has 0 fully saturated rings. The number of para-hydroxylation sites is 1. The second-order valence-corrected chi connectivity index (χ2v) is 7.79. The maximum absolute atomic E-state index is 12.5. The summed E-state index contributed by atoms with van der Waals surface area (Å²) in [6, 6.07) is 13.7. The van der Waals surface area contributed by atoms with Crippen LogP contribution in [0.25, 0.3) is 11.4 Å².